The quantitative estimate of drug-likeness (QED) is 0.743. The highest BCUT2D eigenvalue weighted by atomic mass is 16.4. The van der Waals surface area contributed by atoms with Crippen LogP contribution in [-0.4, -0.2) is 14.3 Å². The molecule has 6 nitrogen and oxygen atoms in total. The van der Waals surface area contributed by atoms with Gasteiger partial charge in [-0.15, -0.1) is 0 Å². The van der Waals surface area contributed by atoms with Crippen molar-refractivity contribution in [3.63, 3.8) is 0 Å². The molecule has 0 atom stereocenters. The van der Waals surface area contributed by atoms with Crippen molar-refractivity contribution in [3.8, 4) is 11.1 Å². The number of hydrogen-bond donors (Lipinski definition) is 1. The van der Waals surface area contributed by atoms with Gasteiger partial charge in [0, 0.05) is 32.4 Å². The highest BCUT2D eigenvalue weighted by Crippen LogP contribution is 2.26. The highest BCUT2D eigenvalue weighted by Gasteiger charge is 2.12. The summed E-state index contributed by atoms with van der Waals surface area (Å²) in [6, 6.07) is 5.64. The number of nitrogens with two attached hydrogens (primary N) is 1. The summed E-state index contributed by atoms with van der Waals surface area (Å²) in [5.41, 5.74) is 9.74. The van der Waals surface area contributed by atoms with Crippen LogP contribution in [0.3, 0.4) is 0 Å². The molecule has 0 saturated heterocycles. The van der Waals surface area contributed by atoms with Gasteiger partial charge >= 0.3 is 5.76 Å². The Balaban J connectivity index is 2.23. The average molecular weight is 258 g/mol. The van der Waals surface area contributed by atoms with Crippen molar-refractivity contribution in [3.05, 3.63) is 40.6 Å². The molecule has 0 fully saturated rings. The summed E-state index contributed by atoms with van der Waals surface area (Å²) >= 11 is 0. The molecule has 3 rings (SSSR count). The van der Waals surface area contributed by atoms with Crippen LogP contribution >= 0.6 is 0 Å². The first-order valence-electron chi connectivity index (χ1n) is 5.92. The Bertz CT molecular complexity index is 810. The molecule has 2 heterocycles. The molecule has 2 aromatic heterocycles. The Kier molecular flexibility index (Phi) is 2.53. The Morgan fingerprint density at radius 3 is 2.89 bits per heavy atom. The fourth-order valence-corrected chi connectivity index (χ4v) is 2.23. The lowest BCUT2D eigenvalue weighted by Crippen LogP contribution is -2.08. The van der Waals surface area contributed by atoms with Gasteiger partial charge in [-0.05, 0) is 17.7 Å². The second-order valence-corrected chi connectivity index (χ2v) is 4.48. The van der Waals surface area contributed by atoms with E-state index >= 15 is 0 Å². The third kappa shape index (κ3) is 1.77. The largest absolute Gasteiger partial charge is 0.419 e. The lowest BCUT2D eigenvalue weighted by atomic mass is 10.1. The molecule has 0 unspecified atom stereocenters. The van der Waals surface area contributed by atoms with Crippen LogP contribution in [0.4, 0.5) is 0 Å². The van der Waals surface area contributed by atoms with Crippen molar-refractivity contribution in [1.29, 1.82) is 0 Å². The monoisotopic (exact) mass is 258 g/mol. The maximum absolute atomic E-state index is 11.5. The molecule has 6 heteroatoms. The van der Waals surface area contributed by atoms with Gasteiger partial charge in [-0.2, -0.15) is 5.10 Å². The van der Waals surface area contributed by atoms with E-state index < -0.39 is 0 Å². The highest BCUT2D eigenvalue weighted by molar-refractivity contribution is 5.80. The van der Waals surface area contributed by atoms with E-state index in [0.717, 1.165) is 22.3 Å². The molecule has 0 aliphatic rings. The van der Waals surface area contributed by atoms with E-state index in [1.165, 1.54) is 4.57 Å². The molecule has 0 bridgehead atoms. The van der Waals surface area contributed by atoms with E-state index in [-0.39, 0.29) is 5.76 Å². The number of oxazole rings is 1. The predicted octanol–water partition coefficient (Wildman–Crippen LogP) is 0.991. The molecular formula is C13H14N4O2. The summed E-state index contributed by atoms with van der Waals surface area (Å²) in [5, 5.41) is 4.30. The SMILES string of the molecule is Cn1cc(-c2ccc3c(c2)oc(=O)n3C)c(CN)n1. The minimum absolute atomic E-state index is 0.364. The van der Waals surface area contributed by atoms with Crippen LogP contribution in [0, 0.1) is 0 Å². The van der Waals surface area contributed by atoms with Crippen LogP contribution in [0.2, 0.25) is 0 Å². The van der Waals surface area contributed by atoms with Gasteiger partial charge in [0.1, 0.15) is 0 Å². The number of nitrogens with zero attached hydrogens (tertiary/aromatic N) is 3. The van der Waals surface area contributed by atoms with Crippen LogP contribution in [0.25, 0.3) is 22.2 Å². The van der Waals surface area contributed by atoms with E-state index in [0.29, 0.717) is 12.1 Å². The first-order valence-corrected chi connectivity index (χ1v) is 5.92. The van der Waals surface area contributed by atoms with Crippen molar-refractivity contribution in [2.45, 2.75) is 6.54 Å². The molecule has 0 aliphatic carbocycles. The first-order chi connectivity index (χ1) is 9.10. The summed E-state index contributed by atoms with van der Waals surface area (Å²) in [7, 11) is 3.53. The van der Waals surface area contributed by atoms with Crippen LogP contribution in [0.5, 0.6) is 0 Å². The fraction of sp³-hybridized carbons (Fsp3) is 0.231. The zero-order valence-electron chi connectivity index (χ0n) is 10.8. The minimum atomic E-state index is -0.364. The summed E-state index contributed by atoms with van der Waals surface area (Å²) in [6.45, 7) is 0.368. The third-order valence-corrected chi connectivity index (χ3v) is 3.20. The molecule has 0 aliphatic heterocycles. The molecule has 2 N–H and O–H groups in total. The van der Waals surface area contributed by atoms with Gasteiger partial charge < -0.3 is 10.2 Å². The van der Waals surface area contributed by atoms with Gasteiger partial charge in [0.2, 0.25) is 0 Å². The molecule has 3 aromatic rings. The summed E-state index contributed by atoms with van der Waals surface area (Å²) in [5.74, 6) is -0.364. The van der Waals surface area contributed by atoms with Crippen LogP contribution in [0.15, 0.2) is 33.6 Å². The smallest absolute Gasteiger partial charge is 0.408 e. The Morgan fingerprint density at radius 1 is 1.37 bits per heavy atom. The number of hydrogen-bond acceptors (Lipinski definition) is 4. The van der Waals surface area contributed by atoms with Gasteiger partial charge in [0.25, 0.3) is 0 Å². The van der Waals surface area contributed by atoms with E-state index in [1.54, 1.807) is 11.7 Å². The lowest BCUT2D eigenvalue weighted by molar-refractivity contribution is 0.528. The van der Waals surface area contributed by atoms with Crippen molar-refractivity contribution in [2.75, 3.05) is 0 Å². The van der Waals surface area contributed by atoms with E-state index in [1.807, 2.05) is 31.4 Å². The van der Waals surface area contributed by atoms with E-state index in [9.17, 15) is 4.79 Å². The minimum Gasteiger partial charge on any atom is -0.408 e. The van der Waals surface area contributed by atoms with Crippen molar-refractivity contribution in [2.24, 2.45) is 19.8 Å². The van der Waals surface area contributed by atoms with Crippen LogP contribution < -0.4 is 11.5 Å². The molecule has 0 saturated carbocycles. The molecule has 0 amide bonds. The maximum Gasteiger partial charge on any atom is 0.419 e. The third-order valence-electron chi connectivity index (χ3n) is 3.20. The second-order valence-electron chi connectivity index (χ2n) is 4.48. The van der Waals surface area contributed by atoms with E-state index in [4.69, 9.17) is 10.2 Å². The maximum atomic E-state index is 11.5. The summed E-state index contributed by atoms with van der Waals surface area (Å²) < 4.78 is 8.39. The van der Waals surface area contributed by atoms with Gasteiger partial charge in [-0.3, -0.25) is 9.25 Å². The normalized spacial score (nSPS) is 11.3. The van der Waals surface area contributed by atoms with Gasteiger partial charge in [0.15, 0.2) is 5.58 Å². The Morgan fingerprint density at radius 2 is 2.16 bits per heavy atom. The number of rotatable bonds is 2. The number of fused-ring (bicyclic) bond motifs is 1. The van der Waals surface area contributed by atoms with E-state index in [2.05, 4.69) is 5.10 Å². The summed E-state index contributed by atoms with van der Waals surface area (Å²) in [6.07, 6.45) is 1.91. The number of aryl methyl sites for hydroxylation is 2. The van der Waals surface area contributed by atoms with Crippen molar-refractivity contribution >= 4 is 11.1 Å². The zero-order valence-corrected chi connectivity index (χ0v) is 10.8. The lowest BCUT2D eigenvalue weighted by Gasteiger charge is -2.00. The van der Waals surface area contributed by atoms with Crippen molar-refractivity contribution in [1.82, 2.24) is 14.3 Å². The molecule has 0 spiro atoms. The molecule has 0 radical (unpaired) electrons. The number of aromatic nitrogens is 3. The van der Waals surface area contributed by atoms with Crippen LogP contribution in [0.1, 0.15) is 5.69 Å². The van der Waals surface area contributed by atoms with Gasteiger partial charge in [0.05, 0.1) is 11.2 Å². The predicted molar refractivity (Wildman–Crippen MR) is 71.5 cm³/mol. The summed E-state index contributed by atoms with van der Waals surface area (Å²) in [4.78, 5) is 11.5. The Hall–Kier alpha value is -2.34. The topological polar surface area (TPSA) is 79.0 Å². The Labute approximate surface area is 109 Å². The fourth-order valence-electron chi connectivity index (χ4n) is 2.23. The molecule has 98 valence electrons. The van der Waals surface area contributed by atoms with Crippen molar-refractivity contribution < 1.29 is 4.42 Å². The number of benzene rings is 1. The average Bonchev–Trinajstić information content (AvgIpc) is 2.91. The van der Waals surface area contributed by atoms with Gasteiger partial charge in [-0.1, -0.05) is 6.07 Å². The standard InChI is InChI=1S/C13H14N4O2/c1-16-7-9(10(6-14)15-16)8-3-4-11-12(5-8)19-13(18)17(11)2/h3-5,7H,6,14H2,1-2H3. The molecule has 19 heavy (non-hydrogen) atoms. The first kappa shape index (κ1) is 11.7. The zero-order chi connectivity index (χ0) is 13.6. The molecule has 1 aromatic carbocycles. The second kappa shape index (κ2) is 4.10. The molecular weight excluding hydrogens is 244 g/mol. The van der Waals surface area contributed by atoms with Gasteiger partial charge in [-0.25, -0.2) is 4.79 Å². The van der Waals surface area contributed by atoms with Crippen LogP contribution in [-0.2, 0) is 20.6 Å².